The van der Waals surface area contributed by atoms with Crippen molar-refractivity contribution in [3.8, 4) is 0 Å². The van der Waals surface area contributed by atoms with E-state index >= 15 is 0 Å². The van der Waals surface area contributed by atoms with Gasteiger partial charge in [0, 0.05) is 51.1 Å². The van der Waals surface area contributed by atoms with Crippen LogP contribution in [-0.4, -0.2) is 50.6 Å². The molecule has 150 valence electrons. The summed E-state index contributed by atoms with van der Waals surface area (Å²) >= 11 is 0. The Bertz CT molecular complexity index is 669. The smallest absolute Gasteiger partial charge is 0.249 e. The first kappa shape index (κ1) is 21.2. The van der Waals surface area contributed by atoms with Gasteiger partial charge in [0.2, 0.25) is 11.8 Å². The van der Waals surface area contributed by atoms with Crippen LogP contribution < -0.4 is 10.2 Å². The van der Waals surface area contributed by atoms with Crippen molar-refractivity contribution < 1.29 is 14.3 Å². The Kier molecular flexibility index (Phi) is 7.25. The predicted molar refractivity (Wildman–Crippen MR) is 109 cm³/mol. The van der Waals surface area contributed by atoms with Crippen LogP contribution in [-0.2, 0) is 20.9 Å². The molecule has 6 heteroatoms. The van der Waals surface area contributed by atoms with Gasteiger partial charge in [-0.2, -0.15) is 0 Å². The molecule has 0 radical (unpaired) electrons. The number of hydrogen-bond acceptors (Lipinski definition) is 4. The van der Waals surface area contributed by atoms with Crippen LogP contribution in [0.4, 0.5) is 11.4 Å². The molecule has 1 aliphatic rings. The van der Waals surface area contributed by atoms with Crippen molar-refractivity contribution in [3.63, 3.8) is 0 Å². The minimum atomic E-state index is -0.0316. The second-order valence-electron chi connectivity index (χ2n) is 7.94. The maximum Gasteiger partial charge on any atom is 0.249 e. The highest BCUT2D eigenvalue weighted by atomic mass is 16.5. The third kappa shape index (κ3) is 5.70. The largest absolute Gasteiger partial charge is 0.377 e. The maximum absolute atomic E-state index is 12.7. The Balaban J connectivity index is 2.30. The first-order valence-corrected chi connectivity index (χ1v) is 9.64. The van der Waals surface area contributed by atoms with E-state index in [-0.39, 0.29) is 30.4 Å². The first-order valence-electron chi connectivity index (χ1n) is 9.64. The molecule has 1 N–H and O–H groups in total. The fraction of sp³-hybridized carbons (Fsp3) is 0.619. The number of benzene rings is 1. The summed E-state index contributed by atoms with van der Waals surface area (Å²) in [4.78, 5) is 28.7. The zero-order valence-corrected chi connectivity index (χ0v) is 17.4. The summed E-state index contributed by atoms with van der Waals surface area (Å²) in [7, 11) is 5.50. The number of methoxy groups -OCH3 is 1. The van der Waals surface area contributed by atoms with Crippen molar-refractivity contribution in [2.24, 2.45) is 11.8 Å². The Labute approximate surface area is 162 Å². The molecule has 0 aliphatic heterocycles. The number of carbonyl (C=O) groups excluding carboxylic acids is 2. The molecule has 2 rings (SSSR count). The van der Waals surface area contributed by atoms with E-state index in [2.05, 4.69) is 26.1 Å². The molecule has 1 aliphatic carbocycles. The topological polar surface area (TPSA) is 61.9 Å². The molecular weight excluding hydrogens is 342 g/mol. The predicted octanol–water partition coefficient (Wildman–Crippen LogP) is 3.12. The second-order valence-corrected chi connectivity index (χ2v) is 7.94. The molecule has 0 saturated heterocycles. The normalized spacial score (nSPS) is 14.8. The number of amides is 2. The quantitative estimate of drug-likeness (QED) is 0.720. The molecule has 6 nitrogen and oxygen atoms in total. The monoisotopic (exact) mass is 375 g/mol. The van der Waals surface area contributed by atoms with E-state index < -0.39 is 0 Å². The number of anilines is 2. The standard InChI is InChI=1S/C21H33N3O3/c1-14(2)15(3)24(20(25)13-27-6)12-17-11-18(9-10-19(17)23(4)5)22-21(26)16-7-8-16/h9-11,14-16H,7-8,12-13H2,1-6H3,(H,22,26). The highest BCUT2D eigenvalue weighted by Gasteiger charge is 2.30. The van der Waals surface area contributed by atoms with E-state index in [0.717, 1.165) is 29.8 Å². The SMILES string of the molecule is COCC(=O)N(Cc1cc(NC(=O)C2CC2)ccc1N(C)C)C(C)C(C)C. The van der Waals surface area contributed by atoms with Crippen molar-refractivity contribution in [2.75, 3.05) is 38.0 Å². The van der Waals surface area contributed by atoms with E-state index in [4.69, 9.17) is 4.74 Å². The van der Waals surface area contributed by atoms with Gasteiger partial charge >= 0.3 is 0 Å². The van der Waals surface area contributed by atoms with Gasteiger partial charge in [-0.25, -0.2) is 0 Å². The fourth-order valence-electron chi connectivity index (χ4n) is 3.03. The zero-order valence-electron chi connectivity index (χ0n) is 17.4. The lowest BCUT2D eigenvalue weighted by Gasteiger charge is -2.33. The van der Waals surface area contributed by atoms with Gasteiger partial charge in [-0.15, -0.1) is 0 Å². The number of carbonyl (C=O) groups is 2. The maximum atomic E-state index is 12.7. The van der Waals surface area contributed by atoms with Crippen molar-refractivity contribution in [1.29, 1.82) is 0 Å². The highest BCUT2D eigenvalue weighted by molar-refractivity contribution is 5.94. The Morgan fingerprint density at radius 2 is 1.89 bits per heavy atom. The van der Waals surface area contributed by atoms with Gasteiger partial charge in [-0.3, -0.25) is 9.59 Å². The molecule has 1 fully saturated rings. The number of nitrogens with zero attached hydrogens (tertiary/aromatic N) is 2. The molecule has 0 bridgehead atoms. The van der Waals surface area contributed by atoms with E-state index in [9.17, 15) is 9.59 Å². The molecule has 27 heavy (non-hydrogen) atoms. The molecule has 1 saturated carbocycles. The van der Waals surface area contributed by atoms with Crippen LogP contribution in [0.3, 0.4) is 0 Å². The third-order valence-electron chi connectivity index (χ3n) is 5.16. The number of nitrogens with one attached hydrogen (secondary N) is 1. The first-order chi connectivity index (χ1) is 12.7. The average molecular weight is 376 g/mol. The van der Waals surface area contributed by atoms with Gasteiger partial charge in [-0.05, 0) is 49.4 Å². The van der Waals surface area contributed by atoms with Crippen LogP contribution >= 0.6 is 0 Å². The molecule has 1 aromatic rings. The summed E-state index contributed by atoms with van der Waals surface area (Å²) < 4.78 is 5.08. The van der Waals surface area contributed by atoms with Gasteiger partial charge in [0.1, 0.15) is 6.61 Å². The zero-order chi connectivity index (χ0) is 20.1. The van der Waals surface area contributed by atoms with Crippen molar-refractivity contribution in [3.05, 3.63) is 23.8 Å². The van der Waals surface area contributed by atoms with Crippen molar-refractivity contribution in [1.82, 2.24) is 4.90 Å². The molecule has 1 atom stereocenters. The minimum Gasteiger partial charge on any atom is -0.377 e. The third-order valence-corrected chi connectivity index (χ3v) is 5.16. The van der Waals surface area contributed by atoms with Crippen LogP contribution in [0, 0.1) is 11.8 Å². The van der Waals surface area contributed by atoms with E-state index in [1.807, 2.05) is 42.1 Å². The summed E-state index contributed by atoms with van der Waals surface area (Å²) in [5.74, 6) is 0.534. The van der Waals surface area contributed by atoms with Gasteiger partial charge in [0.05, 0.1) is 0 Å². The molecule has 0 spiro atoms. The van der Waals surface area contributed by atoms with E-state index in [1.165, 1.54) is 7.11 Å². The average Bonchev–Trinajstić information content (AvgIpc) is 3.44. The Morgan fingerprint density at radius 1 is 1.22 bits per heavy atom. The van der Waals surface area contributed by atoms with Crippen LogP contribution in [0.15, 0.2) is 18.2 Å². The number of hydrogen-bond donors (Lipinski definition) is 1. The second kappa shape index (κ2) is 9.22. The lowest BCUT2D eigenvalue weighted by molar-refractivity contribution is -0.138. The summed E-state index contributed by atoms with van der Waals surface area (Å²) in [6, 6.07) is 5.98. The molecule has 0 aromatic heterocycles. The van der Waals surface area contributed by atoms with E-state index in [1.54, 1.807) is 0 Å². The van der Waals surface area contributed by atoms with Crippen LogP contribution in [0.1, 0.15) is 39.2 Å². The summed E-state index contributed by atoms with van der Waals surface area (Å²) in [6.45, 7) is 6.81. The van der Waals surface area contributed by atoms with Crippen molar-refractivity contribution in [2.45, 2.75) is 46.2 Å². The van der Waals surface area contributed by atoms with Gasteiger partial charge in [0.15, 0.2) is 0 Å². The molecule has 0 heterocycles. The van der Waals surface area contributed by atoms with E-state index in [0.29, 0.717) is 12.5 Å². The molecule has 1 aromatic carbocycles. The number of rotatable bonds is 9. The molecule has 1 unspecified atom stereocenters. The van der Waals surface area contributed by atoms with Gasteiger partial charge in [0.25, 0.3) is 0 Å². The molecular formula is C21H33N3O3. The Morgan fingerprint density at radius 3 is 2.41 bits per heavy atom. The summed E-state index contributed by atoms with van der Waals surface area (Å²) in [5.41, 5.74) is 2.82. The van der Waals surface area contributed by atoms with Crippen LogP contribution in [0.5, 0.6) is 0 Å². The van der Waals surface area contributed by atoms with Gasteiger partial charge < -0.3 is 19.9 Å². The fourth-order valence-corrected chi connectivity index (χ4v) is 3.03. The van der Waals surface area contributed by atoms with Crippen LogP contribution in [0.25, 0.3) is 0 Å². The minimum absolute atomic E-state index is 0.0316. The Hall–Kier alpha value is -2.08. The summed E-state index contributed by atoms with van der Waals surface area (Å²) in [5, 5.41) is 3.00. The lowest BCUT2D eigenvalue weighted by atomic mass is 10.0. The summed E-state index contributed by atoms with van der Waals surface area (Å²) in [6.07, 6.45) is 1.94. The number of ether oxygens (including phenoxy) is 1. The van der Waals surface area contributed by atoms with Gasteiger partial charge in [-0.1, -0.05) is 13.8 Å². The highest BCUT2D eigenvalue weighted by Crippen LogP contribution is 2.31. The lowest BCUT2D eigenvalue weighted by Crippen LogP contribution is -2.43. The molecule has 2 amide bonds. The van der Waals surface area contributed by atoms with Crippen LogP contribution in [0.2, 0.25) is 0 Å². The van der Waals surface area contributed by atoms with Crippen molar-refractivity contribution >= 4 is 23.2 Å².